The van der Waals surface area contributed by atoms with Crippen molar-refractivity contribution in [3.63, 3.8) is 0 Å². The molecule has 0 spiro atoms. The third kappa shape index (κ3) is 3.72. The number of rotatable bonds is 6. The molecule has 0 aliphatic heterocycles. The van der Waals surface area contributed by atoms with Gasteiger partial charge in [0, 0.05) is 13.1 Å². The number of nitrogens with zero attached hydrogens (tertiary/aromatic N) is 2. The minimum absolute atomic E-state index is 0.0612. The fraction of sp³-hybridized carbons (Fsp3) is 0.462. The van der Waals surface area contributed by atoms with E-state index in [2.05, 4.69) is 0 Å². The number of sulfonamides is 1. The van der Waals surface area contributed by atoms with Crippen molar-refractivity contribution in [2.75, 3.05) is 19.1 Å². The van der Waals surface area contributed by atoms with E-state index in [0.29, 0.717) is 0 Å². The third-order valence-corrected chi connectivity index (χ3v) is 5.71. The van der Waals surface area contributed by atoms with Crippen LogP contribution in [0.4, 0.5) is 4.39 Å². The molecule has 0 saturated heterocycles. The van der Waals surface area contributed by atoms with Crippen LogP contribution >= 0.6 is 11.8 Å². The molecule has 0 aliphatic rings. The molecule has 0 bridgehead atoms. The van der Waals surface area contributed by atoms with Gasteiger partial charge in [0.05, 0.1) is 10.5 Å². The van der Waals surface area contributed by atoms with Crippen LogP contribution in [0, 0.1) is 17.1 Å². The Balaban J connectivity index is 3.07. The molecule has 0 radical (unpaired) electrons. The van der Waals surface area contributed by atoms with Gasteiger partial charge in [-0.3, -0.25) is 0 Å². The van der Waals surface area contributed by atoms with Gasteiger partial charge in [-0.1, -0.05) is 0 Å². The molecule has 0 N–H and O–H groups in total. The van der Waals surface area contributed by atoms with Gasteiger partial charge >= 0.3 is 0 Å². The predicted octanol–water partition coefficient (Wildman–Crippen LogP) is 2.46. The Morgan fingerprint density at radius 3 is 2.70 bits per heavy atom. The molecule has 1 aromatic carbocycles. The third-order valence-electron chi connectivity index (χ3n) is 3.10. The van der Waals surface area contributed by atoms with Crippen molar-refractivity contribution in [1.29, 1.82) is 5.26 Å². The smallest absolute Gasteiger partial charge is 0.207 e. The second-order valence-electron chi connectivity index (χ2n) is 4.41. The highest BCUT2D eigenvalue weighted by molar-refractivity contribution is 7.98. The van der Waals surface area contributed by atoms with Crippen LogP contribution in [0.3, 0.4) is 0 Å². The van der Waals surface area contributed by atoms with Gasteiger partial charge in [0.15, 0.2) is 0 Å². The molecule has 110 valence electrons. The van der Waals surface area contributed by atoms with Gasteiger partial charge in [0.2, 0.25) is 10.0 Å². The van der Waals surface area contributed by atoms with Gasteiger partial charge in [-0.2, -0.15) is 21.3 Å². The minimum Gasteiger partial charge on any atom is -0.207 e. The van der Waals surface area contributed by atoms with Gasteiger partial charge in [-0.05, 0) is 43.6 Å². The number of halogens is 1. The highest BCUT2D eigenvalue weighted by Crippen LogP contribution is 2.20. The second kappa shape index (κ2) is 7.07. The van der Waals surface area contributed by atoms with E-state index in [4.69, 9.17) is 5.26 Å². The molecule has 1 atom stereocenters. The summed E-state index contributed by atoms with van der Waals surface area (Å²) < 4.78 is 39.3. The first-order valence-corrected chi connectivity index (χ1v) is 8.84. The van der Waals surface area contributed by atoms with Crippen LogP contribution in [0.1, 0.15) is 18.9 Å². The fourth-order valence-electron chi connectivity index (χ4n) is 1.62. The summed E-state index contributed by atoms with van der Waals surface area (Å²) in [5.74, 6) is 0.137. The highest BCUT2D eigenvalue weighted by Gasteiger charge is 2.25. The maximum atomic E-state index is 13.3. The monoisotopic (exact) mass is 316 g/mol. The van der Waals surface area contributed by atoms with Gasteiger partial charge in [0.1, 0.15) is 11.9 Å². The van der Waals surface area contributed by atoms with Gasteiger partial charge in [-0.15, -0.1) is 0 Å². The minimum atomic E-state index is -3.71. The average molecular weight is 316 g/mol. The molecule has 20 heavy (non-hydrogen) atoms. The van der Waals surface area contributed by atoms with Crippen molar-refractivity contribution >= 4 is 21.8 Å². The normalized spacial score (nSPS) is 13.2. The van der Waals surface area contributed by atoms with E-state index in [9.17, 15) is 12.8 Å². The van der Waals surface area contributed by atoms with Crippen LogP contribution in [-0.4, -0.2) is 37.8 Å². The van der Waals surface area contributed by atoms with Crippen molar-refractivity contribution in [1.82, 2.24) is 4.31 Å². The van der Waals surface area contributed by atoms with Gasteiger partial charge < -0.3 is 0 Å². The fourth-order valence-corrected chi connectivity index (χ4v) is 3.62. The van der Waals surface area contributed by atoms with Crippen molar-refractivity contribution in [3.05, 3.63) is 29.6 Å². The maximum Gasteiger partial charge on any atom is 0.243 e. The first kappa shape index (κ1) is 17.0. The van der Waals surface area contributed by atoms with Crippen molar-refractivity contribution in [3.8, 4) is 6.07 Å². The second-order valence-corrected chi connectivity index (χ2v) is 7.39. The van der Waals surface area contributed by atoms with E-state index < -0.39 is 15.8 Å². The zero-order chi connectivity index (χ0) is 15.3. The first-order valence-electron chi connectivity index (χ1n) is 6.01. The molecule has 1 rings (SSSR count). The number of hydrogen-bond acceptors (Lipinski definition) is 4. The highest BCUT2D eigenvalue weighted by atomic mass is 32.2. The number of benzene rings is 1. The Bertz CT molecular complexity index is 611. The summed E-state index contributed by atoms with van der Waals surface area (Å²) in [4.78, 5) is -0.0612. The topological polar surface area (TPSA) is 61.2 Å². The standard InChI is InChI=1S/C13H17FN2O2S2/c1-10(6-7-19-3)16(2)20(17,18)12-4-5-13(14)11(8-12)9-15/h4-5,8,10H,6-7H2,1-3H3. The Hall–Kier alpha value is -1.10. The summed E-state index contributed by atoms with van der Waals surface area (Å²) in [6.07, 6.45) is 2.68. The van der Waals surface area contributed by atoms with Gasteiger partial charge in [-0.25, -0.2) is 12.8 Å². The Morgan fingerprint density at radius 2 is 2.15 bits per heavy atom. The lowest BCUT2D eigenvalue weighted by molar-refractivity contribution is 0.382. The zero-order valence-electron chi connectivity index (χ0n) is 11.6. The largest absolute Gasteiger partial charge is 0.243 e. The van der Waals surface area contributed by atoms with E-state index in [1.807, 2.05) is 13.2 Å². The molecular weight excluding hydrogens is 299 g/mol. The van der Waals surface area contributed by atoms with Crippen LogP contribution in [0.25, 0.3) is 0 Å². The summed E-state index contributed by atoms with van der Waals surface area (Å²) in [5.41, 5.74) is -0.267. The van der Waals surface area contributed by atoms with Crippen LogP contribution in [0.5, 0.6) is 0 Å². The Labute approximate surface area is 123 Å². The van der Waals surface area contributed by atoms with Crippen molar-refractivity contribution in [2.24, 2.45) is 0 Å². The summed E-state index contributed by atoms with van der Waals surface area (Å²) in [6, 6.07) is 4.75. The molecule has 7 heteroatoms. The summed E-state index contributed by atoms with van der Waals surface area (Å²) in [5, 5.41) is 8.77. The van der Waals surface area contributed by atoms with E-state index in [-0.39, 0.29) is 16.5 Å². The number of hydrogen-bond donors (Lipinski definition) is 0. The van der Waals surface area contributed by atoms with Crippen molar-refractivity contribution in [2.45, 2.75) is 24.3 Å². The molecule has 0 saturated carbocycles. The molecule has 1 unspecified atom stereocenters. The number of nitriles is 1. The average Bonchev–Trinajstić information content (AvgIpc) is 2.44. The lowest BCUT2D eigenvalue weighted by Crippen LogP contribution is -2.35. The summed E-state index contributed by atoms with van der Waals surface area (Å²) in [7, 11) is -2.22. The van der Waals surface area contributed by atoms with E-state index in [0.717, 1.165) is 24.3 Å². The van der Waals surface area contributed by atoms with Gasteiger partial charge in [0.25, 0.3) is 0 Å². The molecule has 0 aliphatic carbocycles. The molecular formula is C13H17FN2O2S2. The SMILES string of the molecule is CSCCC(C)N(C)S(=O)(=O)c1ccc(F)c(C#N)c1. The van der Waals surface area contributed by atoms with E-state index in [1.165, 1.54) is 17.4 Å². The molecule has 4 nitrogen and oxygen atoms in total. The van der Waals surface area contributed by atoms with Crippen LogP contribution in [0.2, 0.25) is 0 Å². The molecule has 0 aromatic heterocycles. The molecule has 1 aromatic rings. The lowest BCUT2D eigenvalue weighted by Gasteiger charge is -2.24. The number of thioether (sulfide) groups is 1. The van der Waals surface area contributed by atoms with Crippen LogP contribution in [0.15, 0.2) is 23.1 Å². The molecule has 0 heterocycles. The maximum absolute atomic E-state index is 13.3. The Morgan fingerprint density at radius 1 is 1.50 bits per heavy atom. The quantitative estimate of drug-likeness (QED) is 0.809. The zero-order valence-corrected chi connectivity index (χ0v) is 13.3. The van der Waals surface area contributed by atoms with Crippen LogP contribution < -0.4 is 0 Å². The summed E-state index contributed by atoms with van der Waals surface area (Å²) >= 11 is 1.65. The summed E-state index contributed by atoms with van der Waals surface area (Å²) in [6.45, 7) is 1.82. The Kier molecular flexibility index (Phi) is 5.99. The first-order chi connectivity index (χ1) is 9.34. The van der Waals surface area contributed by atoms with Crippen LogP contribution in [-0.2, 0) is 10.0 Å². The van der Waals surface area contributed by atoms with E-state index in [1.54, 1.807) is 17.8 Å². The lowest BCUT2D eigenvalue weighted by atomic mass is 10.2. The molecule has 0 fully saturated rings. The molecule has 0 amide bonds. The van der Waals surface area contributed by atoms with E-state index >= 15 is 0 Å². The predicted molar refractivity (Wildman–Crippen MR) is 78.5 cm³/mol. The van der Waals surface area contributed by atoms with Crippen molar-refractivity contribution < 1.29 is 12.8 Å².